The van der Waals surface area contributed by atoms with Crippen molar-refractivity contribution in [2.24, 2.45) is 11.8 Å². The number of esters is 1. The van der Waals surface area contributed by atoms with Crippen LogP contribution in [0.4, 0.5) is 0 Å². The predicted octanol–water partition coefficient (Wildman–Crippen LogP) is 2.29. The van der Waals surface area contributed by atoms with Gasteiger partial charge in [-0.1, -0.05) is 19.9 Å². The summed E-state index contributed by atoms with van der Waals surface area (Å²) in [5.41, 5.74) is -0.0975. The Morgan fingerprint density at radius 2 is 2.25 bits per heavy atom. The molecule has 1 aliphatic carbocycles. The van der Waals surface area contributed by atoms with E-state index in [-0.39, 0.29) is 11.9 Å². The van der Waals surface area contributed by atoms with Crippen LogP contribution in [0.3, 0.4) is 0 Å². The first-order chi connectivity index (χ1) is 7.43. The molecule has 1 rings (SSSR count). The van der Waals surface area contributed by atoms with E-state index in [2.05, 4.69) is 0 Å². The lowest BCUT2D eigenvalue weighted by Crippen LogP contribution is -2.45. The maximum Gasteiger partial charge on any atom is 0.312 e. The zero-order valence-corrected chi connectivity index (χ0v) is 10.6. The average Bonchev–Trinajstić information content (AvgIpc) is 2.47. The van der Waals surface area contributed by atoms with Crippen LogP contribution < -0.4 is 0 Å². The van der Waals surface area contributed by atoms with Crippen molar-refractivity contribution >= 4 is 5.97 Å². The number of aliphatic hydroxyl groups is 1. The lowest BCUT2D eigenvalue weighted by atomic mass is 9.76. The smallest absolute Gasteiger partial charge is 0.312 e. The lowest BCUT2D eigenvalue weighted by molar-refractivity contribution is -0.159. The molecule has 2 unspecified atom stereocenters. The molecule has 0 amide bonds. The van der Waals surface area contributed by atoms with Gasteiger partial charge in [0.05, 0.1) is 18.1 Å². The van der Waals surface area contributed by atoms with Gasteiger partial charge in [0.2, 0.25) is 0 Å². The van der Waals surface area contributed by atoms with Gasteiger partial charge in [0.1, 0.15) is 0 Å². The molecule has 3 nitrogen and oxygen atoms in total. The van der Waals surface area contributed by atoms with Crippen molar-refractivity contribution in [2.75, 3.05) is 6.61 Å². The molecule has 92 valence electrons. The van der Waals surface area contributed by atoms with E-state index in [4.69, 9.17) is 4.74 Å². The maximum absolute atomic E-state index is 11.9. The summed E-state index contributed by atoms with van der Waals surface area (Å²) in [4.78, 5) is 11.9. The molecule has 0 heterocycles. The summed E-state index contributed by atoms with van der Waals surface area (Å²) in [5, 5.41) is 10.6. The Hall–Kier alpha value is -0.830. The topological polar surface area (TPSA) is 46.5 Å². The van der Waals surface area contributed by atoms with Crippen LogP contribution in [-0.4, -0.2) is 23.3 Å². The highest BCUT2D eigenvalue weighted by molar-refractivity contribution is 5.75. The minimum atomic E-state index is -1.000. The summed E-state index contributed by atoms with van der Waals surface area (Å²) in [6.45, 7) is 7.94. The van der Waals surface area contributed by atoms with E-state index >= 15 is 0 Å². The highest BCUT2D eigenvalue weighted by atomic mass is 16.5. The first kappa shape index (κ1) is 13.2. The molecule has 0 aromatic carbocycles. The largest absolute Gasteiger partial charge is 0.466 e. The van der Waals surface area contributed by atoms with Crippen molar-refractivity contribution in [1.82, 2.24) is 0 Å². The van der Waals surface area contributed by atoms with Gasteiger partial charge in [-0.05, 0) is 38.2 Å². The van der Waals surface area contributed by atoms with Gasteiger partial charge in [-0.2, -0.15) is 0 Å². The van der Waals surface area contributed by atoms with Gasteiger partial charge in [-0.15, -0.1) is 0 Å². The van der Waals surface area contributed by atoms with Crippen molar-refractivity contribution in [3.8, 4) is 0 Å². The molecule has 0 fully saturated rings. The first-order valence-corrected chi connectivity index (χ1v) is 5.99. The third-order valence-corrected chi connectivity index (χ3v) is 3.38. The highest BCUT2D eigenvalue weighted by Gasteiger charge is 2.46. The number of hydrogen-bond acceptors (Lipinski definition) is 3. The van der Waals surface area contributed by atoms with Gasteiger partial charge in [0.25, 0.3) is 0 Å². The van der Waals surface area contributed by atoms with Gasteiger partial charge in [-0.3, -0.25) is 4.79 Å². The fourth-order valence-corrected chi connectivity index (χ4v) is 2.53. The molecule has 3 heteroatoms. The number of ether oxygens (including phenoxy) is 1. The molecule has 0 radical (unpaired) electrons. The SMILES string of the molecule is CCOC(=O)C(C(C)C)C1(O)CCC=C1C. The van der Waals surface area contributed by atoms with Crippen LogP contribution in [0.1, 0.15) is 40.5 Å². The fraction of sp³-hybridized carbons (Fsp3) is 0.769. The molecular formula is C13H22O3. The quantitative estimate of drug-likeness (QED) is 0.591. The van der Waals surface area contributed by atoms with Gasteiger partial charge in [0, 0.05) is 0 Å². The highest BCUT2D eigenvalue weighted by Crippen LogP contribution is 2.40. The minimum absolute atomic E-state index is 0.0745. The molecular weight excluding hydrogens is 204 g/mol. The molecule has 0 aliphatic heterocycles. The maximum atomic E-state index is 11.9. The van der Waals surface area contributed by atoms with Gasteiger partial charge in [0.15, 0.2) is 0 Å². The Morgan fingerprint density at radius 1 is 1.62 bits per heavy atom. The molecule has 0 aromatic heterocycles. The molecule has 0 bridgehead atoms. The van der Waals surface area contributed by atoms with Crippen LogP contribution in [-0.2, 0) is 9.53 Å². The van der Waals surface area contributed by atoms with Crippen LogP contribution in [0, 0.1) is 11.8 Å². The van der Waals surface area contributed by atoms with E-state index in [1.165, 1.54) is 0 Å². The van der Waals surface area contributed by atoms with Gasteiger partial charge >= 0.3 is 5.97 Å². The van der Waals surface area contributed by atoms with Crippen LogP contribution in [0.15, 0.2) is 11.6 Å². The van der Waals surface area contributed by atoms with Crippen molar-refractivity contribution in [3.05, 3.63) is 11.6 Å². The monoisotopic (exact) mass is 226 g/mol. The second-order valence-corrected chi connectivity index (χ2v) is 4.82. The Morgan fingerprint density at radius 3 is 2.62 bits per heavy atom. The summed E-state index contributed by atoms with van der Waals surface area (Å²) in [6.07, 6.45) is 3.47. The first-order valence-electron chi connectivity index (χ1n) is 5.99. The lowest BCUT2D eigenvalue weighted by Gasteiger charge is -2.35. The molecule has 0 saturated carbocycles. The van der Waals surface area contributed by atoms with Crippen molar-refractivity contribution in [2.45, 2.75) is 46.1 Å². The number of rotatable bonds is 4. The summed E-state index contributed by atoms with van der Waals surface area (Å²) < 4.78 is 5.07. The normalized spacial score (nSPS) is 26.8. The summed E-state index contributed by atoms with van der Waals surface area (Å²) in [7, 11) is 0. The number of carbonyl (C=O) groups excluding carboxylic acids is 1. The second-order valence-electron chi connectivity index (χ2n) is 4.82. The Balaban J connectivity index is 2.94. The van der Waals surface area contributed by atoms with Gasteiger partial charge in [-0.25, -0.2) is 0 Å². The third kappa shape index (κ3) is 2.29. The second kappa shape index (κ2) is 5.00. The van der Waals surface area contributed by atoms with Crippen molar-refractivity contribution in [3.63, 3.8) is 0 Å². The standard InChI is InChI=1S/C13H22O3/c1-5-16-12(14)11(9(2)3)13(15)8-6-7-10(13)4/h7,9,11,15H,5-6,8H2,1-4H3. The molecule has 0 saturated heterocycles. The van der Waals surface area contributed by atoms with E-state index in [1.807, 2.05) is 26.8 Å². The minimum Gasteiger partial charge on any atom is -0.466 e. The molecule has 1 N–H and O–H groups in total. The molecule has 0 spiro atoms. The average molecular weight is 226 g/mol. The molecule has 0 aromatic rings. The zero-order chi connectivity index (χ0) is 12.3. The Labute approximate surface area is 97.5 Å². The van der Waals surface area contributed by atoms with Crippen LogP contribution in [0.2, 0.25) is 0 Å². The molecule has 2 atom stereocenters. The van der Waals surface area contributed by atoms with E-state index in [0.717, 1.165) is 12.0 Å². The van der Waals surface area contributed by atoms with Crippen LogP contribution in [0.5, 0.6) is 0 Å². The fourth-order valence-electron chi connectivity index (χ4n) is 2.53. The van der Waals surface area contributed by atoms with E-state index in [1.54, 1.807) is 6.92 Å². The summed E-state index contributed by atoms with van der Waals surface area (Å²) in [5.74, 6) is -0.661. The van der Waals surface area contributed by atoms with Crippen molar-refractivity contribution < 1.29 is 14.6 Å². The molecule has 16 heavy (non-hydrogen) atoms. The van der Waals surface area contributed by atoms with E-state index in [9.17, 15) is 9.90 Å². The Bertz CT molecular complexity index is 294. The van der Waals surface area contributed by atoms with Crippen LogP contribution in [0.25, 0.3) is 0 Å². The van der Waals surface area contributed by atoms with Crippen molar-refractivity contribution in [1.29, 1.82) is 0 Å². The van der Waals surface area contributed by atoms with Crippen LogP contribution >= 0.6 is 0 Å². The van der Waals surface area contributed by atoms with E-state index < -0.39 is 11.5 Å². The number of carbonyl (C=O) groups is 1. The van der Waals surface area contributed by atoms with Gasteiger partial charge < -0.3 is 9.84 Å². The number of hydrogen-bond donors (Lipinski definition) is 1. The molecule has 1 aliphatic rings. The van der Waals surface area contributed by atoms with E-state index in [0.29, 0.717) is 13.0 Å². The zero-order valence-electron chi connectivity index (χ0n) is 10.6. The predicted molar refractivity (Wildman–Crippen MR) is 62.9 cm³/mol. The number of allylic oxidation sites excluding steroid dienone is 1. The summed E-state index contributed by atoms with van der Waals surface area (Å²) >= 11 is 0. The summed E-state index contributed by atoms with van der Waals surface area (Å²) in [6, 6.07) is 0. The Kier molecular flexibility index (Phi) is 4.14. The third-order valence-electron chi connectivity index (χ3n) is 3.38.